The molecule has 0 spiro atoms. The number of aromatic nitrogens is 1. The van der Waals surface area contributed by atoms with Gasteiger partial charge in [0.25, 0.3) is 0 Å². The Morgan fingerprint density at radius 1 is 1.11 bits per heavy atom. The van der Waals surface area contributed by atoms with Gasteiger partial charge in [-0.25, -0.2) is 9.78 Å². The molecule has 1 N–H and O–H groups in total. The van der Waals surface area contributed by atoms with E-state index in [-0.39, 0.29) is 12.3 Å². The maximum atomic E-state index is 12.2. The third-order valence-electron chi connectivity index (χ3n) is 4.07. The number of hydrogen-bond acceptors (Lipinski definition) is 5. The average Bonchev–Trinajstić information content (AvgIpc) is 3.07. The molecule has 3 rings (SSSR count). The highest BCUT2D eigenvalue weighted by Gasteiger charge is 2.13. The summed E-state index contributed by atoms with van der Waals surface area (Å²) in [6.07, 6.45) is 0.717. The van der Waals surface area contributed by atoms with Crippen molar-refractivity contribution < 1.29 is 18.7 Å². The molecule has 0 fully saturated rings. The number of benzene rings is 2. The van der Waals surface area contributed by atoms with E-state index in [0.717, 1.165) is 11.3 Å². The van der Waals surface area contributed by atoms with E-state index in [1.165, 1.54) is 7.11 Å². The Balaban J connectivity index is 1.61. The Labute approximate surface area is 157 Å². The summed E-state index contributed by atoms with van der Waals surface area (Å²) < 4.78 is 10.4. The second-order valence-electron chi connectivity index (χ2n) is 6.01. The summed E-state index contributed by atoms with van der Waals surface area (Å²) in [5, 5.41) is 2.78. The predicted molar refractivity (Wildman–Crippen MR) is 101 cm³/mol. The molecular weight excluding hydrogens is 344 g/mol. The maximum absolute atomic E-state index is 12.2. The van der Waals surface area contributed by atoms with Crippen LogP contribution >= 0.6 is 0 Å². The van der Waals surface area contributed by atoms with E-state index in [1.54, 1.807) is 24.3 Å². The van der Waals surface area contributed by atoms with Crippen molar-refractivity contribution in [3.8, 4) is 11.5 Å². The molecule has 6 heteroatoms. The first-order chi connectivity index (χ1) is 13.1. The molecule has 0 aliphatic rings. The van der Waals surface area contributed by atoms with Crippen LogP contribution in [0.3, 0.4) is 0 Å². The van der Waals surface area contributed by atoms with Crippen LogP contribution < -0.4 is 5.32 Å². The van der Waals surface area contributed by atoms with Gasteiger partial charge < -0.3 is 14.5 Å². The standard InChI is InChI=1S/C21H20N2O4/c1-14-18(23-20(27-14)15-7-4-3-5-8-15)11-12-19(24)22-17-10-6-9-16(13-17)21(25)26-2/h3-10,13H,11-12H2,1-2H3,(H,22,24). The highest BCUT2D eigenvalue weighted by Crippen LogP contribution is 2.22. The molecular formula is C21H20N2O4. The molecule has 0 saturated heterocycles. The van der Waals surface area contributed by atoms with Crippen molar-refractivity contribution in [2.45, 2.75) is 19.8 Å². The van der Waals surface area contributed by atoms with Crippen molar-refractivity contribution in [1.29, 1.82) is 0 Å². The smallest absolute Gasteiger partial charge is 0.337 e. The van der Waals surface area contributed by atoms with Crippen molar-refractivity contribution in [2.24, 2.45) is 0 Å². The number of amides is 1. The lowest BCUT2D eigenvalue weighted by atomic mass is 10.2. The van der Waals surface area contributed by atoms with Crippen LogP contribution in [0.1, 0.15) is 28.2 Å². The summed E-state index contributed by atoms with van der Waals surface area (Å²) in [5.74, 6) is 0.641. The summed E-state index contributed by atoms with van der Waals surface area (Å²) in [6, 6.07) is 16.2. The maximum Gasteiger partial charge on any atom is 0.337 e. The fraction of sp³-hybridized carbons (Fsp3) is 0.190. The number of ether oxygens (including phenoxy) is 1. The molecule has 1 amide bonds. The fourth-order valence-corrected chi connectivity index (χ4v) is 2.66. The number of carbonyl (C=O) groups excluding carboxylic acids is 2. The minimum Gasteiger partial charge on any atom is -0.465 e. The van der Waals surface area contributed by atoms with Crippen LogP contribution in [0.15, 0.2) is 59.0 Å². The van der Waals surface area contributed by atoms with Crippen LogP contribution in [-0.4, -0.2) is 24.0 Å². The molecule has 0 radical (unpaired) electrons. The largest absolute Gasteiger partial charge is 0.465 e. The molecule has 2 aromatic carbocycles. The van der Waals surface area contributed by atoms with Crippen molar-refractivity contribution in [1.82, 2.24) is 4.98 Å². The number of esters is 1. The lowest BCUT2D eigenvalue weighted by molar-refractivity contribution is -0.116. The second-order valence-corrected chi connectivity index (χ2v) is 6.01. The number of hydrogen-bond donors (Lipinski definition) is 1. The van der Waals surface area contributed by atoms with E-state index < -0.39 is 5.97 Å². The molecule has 0 aliphatic carbocycles. The molecule has 1 aromatic heterocycles. The molecule has 3 aromatic rings. The van der Waals surface area contributed by atoms with Gasteiger partial charge in [0.15, 0.2) is 0 Å². The second kappa shape index (κ2) is 8.31. The highest BCUT2D eigenvalue weighted by atomic mass is 16.5. The number of oxazole rings is 1. The van der Waals surface area contributed by atoms with E-state index in [1.807, 2.05) is 37.3 Å². The molecule has 0 bridgehead atoms. The van der Waals surface area contributed by atoms with Gasteiger partial charge in [-0.2, -0.15) is 0 Å². The van der Waals surface area contributed by atoms with E-state index in [0.29, 0.717) is 29.3 Å². The Morgan fingerprint density at radius 3 is 2.63 bits per heavy atom. The summed E-state index contributed by atoms with van der Waals surface area (Å²) in [6.45, 7) is 1.84. The van der Waals surface area contributed by atoms with Gasteiger partial charge in [-0.15, -0.1) is 0 Å². The van der Waals surface area contributed by atoms with Crippen LogP contribution in [-0.2, 0) is 16.0 Å². The first-order valence-electron chi connectivity index (χ1n) is 8.57. The molecule has 0 aliphatic heterocycles. The van der Waals surface area contributed by atoms with E-state index in [9.17, 15) is 9.59 Å². The number of rotatable bonds is 6. The van der Waals surface area contributed by atoms with Gasteiger partial charge in [0.2, 0.25) is 11.8 Å². The Hall–Kier alpha value is -3.41. The summed E-state index contributed by atoms with van der Waals surface area (Å²) in [4.78, 5) is 28.3. The molecule has 0 unspecified atom stereocenters. The quantitative estimate of drug-likeness (QED) is 0.669. The van der Waals surface area contributed by atoms with Crippen molar-refractivity contribution in [2.75, 3.05) is 12.4 Å². The molecule has 27 heavy (non-hydrogen) atoms. The zero-order valence-electron chi connectivity index (χ0n) is 15.2. The van der Waals surface area contributed by atoms with Crippen LogP contribution in [0.2, 0.25) is 0 Å². The van der Waals surface area contributed by atoms with Gasteiger partial charge in [0.05, 0.1) is 18.4 Å². The Kier molecular flexibility index (Phi) is 5.66. The number of carbonyl (C=O) groups is 2. The van der Waals surface area contributed by atoms with Crippen molar-refractivity contribution >= 4 is 17.6 Å². The molecule has 0 saturated carbocycles. The minimum atomic E-state index is -0.447. The third-order valence-corrected chi connectivity index (χ3v) is 4.07. The van der Waals surface area contributed by atoms with Crippen LogP contribution in [0, 0.1) is 6.92 Å². The van der Waals surface area contributed by atoms with Crippen LogP contribution in [0.5, 0.6) is 0 Å². The number of nitrogens with zero attached hydrogens (tertiary/aromatic N) is 1. The van der Waals surface area contributed by atoms with Crippen LogP contribution in [0.4, 0.5) is 5.69 Å². The molecule has 6 nitrogen and oxygen atoms in total. The van der Waals surface area contributed by atoms with Gasteiger partial charge in [-0.3, -0.25) is 4.79 Å². The van der Waals surface area contributed by atoms with E-state index in [4.69, 9.17) is 4.42 Å². The van der Waals surface area contributed by atoms with E-state index >= 15 is 0 Å². The van der Waals surface area contributed by atoms with Gasteiger partial charge in [-0.1, -0.05) is 24.3 Å². The molecule has 1 heterocycles. The summed E-state index contributed by atoms with van der Waals surface area (Å²) >= 11 is 0. The summed E-state index contributed by atoms with van der Waals surface area (Å²) in [7, 11) is 1.32. The predicted octanol–water partition coefficient (Wildman–Crippen LogP) is 4.01. The topological polar surface area (TPSA) is 81.4 Å². The molecule has 0 atom stereocenters. The Bertz CT molecular complexity index is 948. The first kappa shape index (κ1) is 18.4. The van der Waals surface area contributed by atoms with Crippen molar-refractivity contribution in [3.05, 3.63) is 71.6 Å². The average molecular weight is 364 g/mol. The third kappa shape index (κ3) is 4.61. The lowest BCUT2D eigenvalue weighted by Gasteiger charge is -2.06. The SMILES string of the molecule is COC(=O)c1cccc(NC(=O)CCc2nc(-c3ccccc3)oc2C)c1. The van der Waals surface area contributed by atoms with Gasteiger partial charge in [0.1, 0.15) is 5.76 Å². The minimum absolute atomic E-state index is 0.166. The zero-order chi connectivity index (χ0) is 19.2. The fourth-order valence-electron chi connectivity index (χ4n) is 2.66. The van der Waals surface area contributed by atoms with E-state index in [2.05, 4.69) is 15.0 Å². The van der Waals surface area contributed by atoms with Crippen LogP contribution in [0.25, 0.3) is 11.5 Å². The monoisotopic (exact) mass is 364 g/mol. The number of nitrogens with one attached hydrogen (secondary N) is 1. The number of methoxy groups -OCH3 is 1. The van der Waals surface area contributed by atoms with Gasteiger partial charge >= 0.3 is 5.97 Å². The van der Waals surface area contributed by atoms with Gasteiger partial charge in [0, 0.05) is 24.1 Å². The molecule has 138 valence electrons. The highest BCUT2D eigenvalue weighted by molar-refractivity contribution is 5.94. The summed E-state index contributed by atoms with van der Waals surface area (Å²) in [5.41, 5.74) is 2.59. The van der Waals surface area contributed by atoms with Gasteiger partial charge in [-0.05, 0) is 37.3 Å². The number of aryl methyl sites for hydroxylation is 2. The zero-order valence-corrected chi connectivity index (χ0v) is 15.2. The normalized spacial score (nSPS) is 10.4. The van der Waals surface area contributed by atoms with Crippen molar-refractivity contribution in [3.63, 3.8) is 0 Å². The number of anilines is 1. The first-order valence-corrected chi connectivity index (χ1v) is 8.57. The lowest BCUT2D eigenvalue weighted by Crippen LogP contribution is -2.13. The Morgan fingerprint density at radius 2 is 1.89 bits per heavy atom.